The number of benzene rings is 1. The molecular weight excluding hydrogens is 322 g/mol. The lowest BCUT2D eigenvalue weighted by molar-refractivity contribution is 0.283. The van der Waals surface area contributed by atoms with E-state index in [0.717, 1.165) is 11.3 Å². The van der Waals surface area contributed by atoms with E-state index in [0.29, 0.717) is 33.2 Å². The number of para-hydroxylation sites is 1. The van der Waals surface area contributed by atoms with E-state index in [1.54, 1.807) is 29.8 Å². The molecular formula is C14H11N3O3S2. The minimum atomic E-state index is -3.91. The second-order valence-corrected chi connectivity index (χ2v) is 7.31. The summed E-state index contributed by atoms with van der Waals surface area (Å²) < 4.78 is 23.6. The molecule has 8 heteroatoms. The average Bonchev–Trinajstić information content (AvgIpc) is 3.09. The molecule has 0 radical (unpaired) electrons. The Morgan fingerprint density at radius 3 is 2.82 bits per heavy atom. The summed E-state index contributed by atoms with van der Waals surface area (Å²) >= 11 is 0.972. The number of sulfonamides is 1. The first kappa shape index (κ1) is 14.7. The Kier molecular flexibility index (Phi) is 3.50. The molecule has 0 fully saturated rings. The van der Waals surface area contributed by atoms with Crippen molar-refractivity contribution < 1.29 is 13.5 Å². The van der Waals surface area contributed by atoms with Crippen LogP contribution in [0.5, 0.6) is 0 Å². The fraction of sp³-hybridized carbons (Fsp3) is 0.0714. The van der Waals surface area contributed by atoms with Gasteiger partial charge in [-0.1, -0.05) is 18.2 Å². The summed E-state index contributed by atoms with van der Waals surface area (Å²) in [6, 6.07) is 7.31. The number of aromatic amines is 1. The number of primary sulfonamides is 1. The Hall–Kier alpha value is -2.18. The van der Waals surface area contributed by atoms with Crippen molar-refractivity contribution in [2.75, 3.05) is 0 Å². The van der Waals surface area contributed by atoms with Crippen LogP contribution in [-0.4, -0.2) is 18.5 Å². The quantitative estimate of drug-likeness (QED) is 0.678. The molecule has 0 aliphatic rings. The molecule has 3 rings (SSSR count). The van der Waals surface area contributed by atoms with Crippen molar-refractivity contribution in [3.8, 4) is 17.2 Å². The fourth-order valence-corrected chi connectivity index (χ4v) is 4.44. The molecule has 3 aromatic rings. The first-order valence-corrected chi connectivity index (χ1v) is 8.64. The first-order valence-electron chi connectivity index (χ1n) is 6.22. The minimum absolute atomic E-state index is 0.00263. The summed E-state index contributed by atoms with van der Waals surface area (Å²) in [4.78, 5) is 2.99. The number of nitrogens with two attached hydrogens (primary N) is 1. The highest BCUT2D eigenvalue weighted by Gasteiger charge is 2.23. The van der Waals surface area contributed by atoms with Gasteiger partial charge in [0.1, 0.15) is 10.3 Å². The standard InChI is InChI=1S/C14H11N3O3S2/c15-4-8-5-17-13-10(8)2-1-3-11(13)12-9(6-18)7-21-14(12)22(16,19)20/h1-3,5,7,17-18H,6H2,(H2,16,19,20). The predicted octanol–water partition coefficient (Wildman–Crippen LogP) is 1.91. The van der Waals surface area contributed by atoms with E-state index in [9.17, 15) is 13.5 Å². The Morgan fingerprint density at radius 2 is 2.18 bits per heavy atom. The van der Waals surface area contributed by atoms with Gasteiger partial charge in [-0.25, -0.2) is 13.6 Å². The average molecular weight is 333 g/mol. The summed E-state index contributed by atoms with van der Waals surface area (Å²) in [7, 11) is -3.91. The van der Waals surface area contributed by atoms with Crippen molar-refractivity contribution in [2.45, 2.75) is 10.8 Å². The maximum atomic E-state index is 11.8. The molecule has 0 bridgehead atoms. The maximum Gasteiger partial charge on any atom is 0.248 e. The highest BCUT2D eigenvalue weighted by atomic mass is 32.2. The van der Waals surface area contributed by atoms with E-state index in [1.807, 2.05) is 0 Å². The Morgan fingerprint density at radius 1 is 1.41 bits per heavy atom. The monoisotopic (exact) mass is 333 g/mol. The van der Waals surface area contributed by atoms with Crippen LogP contribution in [0.1, 0.15) is 11.1 Å². The molecule has 2 aromatic heterocycles. The number of thiophene rings is 1. The Balaban J connectivity index is 2.40. The van der Waals surface area contributed by atoms with Gasteiger partial charge in [-0.05, 0) is 10.9 Å². The largest absolute Gasteiger partial charge is 0.392 e. The lowest BCUT2D eigenvalue weighted by Gasteiger charge is -2.07. The molecule has 0 spiro atoms. The summed E-state index contributed by atoms with van der Waals surface area (Å²) in [6.45, 7) is -0.302. The fourth-order valence-electron chi connectivity index (χ4n) is 2.44. The van der Waals surface area contributed by atoms with E-state index in [4.69, 9.17) is 10.4 Å². The smallest absolute Gasteiger partial charge is 0.248 e. The van der Waals surface area contributed by atoms with Crippen LogP contribution in [-0.2, 0) is 16.6 Å². The van der Waals surface area contributed by atoms with Crippen LogP contribution in [0.4, 0.5) is 0 Å². The molecule has 0 unspecified atom stereocenters. The van der Waals surface area contributed by atoms with Crippen LogP contribution in [0, 0.1) is 11.3 Å². The lowest BCUT2D eigenvalue weighted by Crippen LogP contribution is -2.11. The van der Waals surface area contributed by atoms with E-state index in [-0.39, 0.29) is 10.8 Å². The van der Waals surface area contributed by atoms with Gasteiger partial charge in [0.15, 0.2) is 0 Å². The van der Waals surface area contributed by atoms with E-state index in [2.05, 4.69) is 11.1 Å². The van der Waals surface area contributed by atoms with Gasteiger partial charge in [-0.3, -0.25) is 0 Å². The molecule has 0 saturated carbocycles. The third kappa shape index (κ3) is 2.20. The first-order chi connectivity index (χ1) is 10.5. The summed E-state index contributed by atoms with van der Waals surface area (Å²) in [6.07, 6.45) is 1.57. The molecule has 6 nitrogen and oxygen atoms in total. The normalized spacial score (nSPS) is 11.7. The summed E-state index contributed by atoms with van der Waals surface area (Å²) in [5, 5.41) is 26.1. The van der Waals surface area contributed by atoms with Crippen LogP contribution in [0.3, 0.4) is 0 Å². The molecule has 0 aliphatic carbocycles. The number of H-pyrrole nitrogens is 1. The zero-order chi connectivity index (χ0) is 15.9. The van der Waals surface area contributed by atoms with Crippen LogP contribution < -0.4 is 5.14 Å². The second-order valence-electron chi connectivity index (χ2n) is 4.67. The minimum Gasteiger partial charge on any atom is -0.392 e. The SMILES string of the molecule is N#Cc1c[nH]c2c(-c3c(CO)csc3S(N)(=O)=O)cccc12. The van der Waals surface area contributed by atoms with Gasteiger partial charge in [0.25, 0.3) is 0 Å². The second kappa shape index (κ2) is 5.23. The summed E-state index contributed by atoms with van der Waals surface area (Å²) in [5.74, 6) is 0. The molecule has 4 N–H and O–H groups in total. The van der Waals surface area contributed by atoms with Gasteiger partial charge < -0.3 is 10.1 Å². The summed E-state index contributed by atoms with van der Waals surface area (Å²) in [5.41, 5.74) is 2.56. The Labute approximate surface area is 130 Å². The van der Waals surface area contributed by atoms with Crippen LogP contribution in [0.15, 0.2) is 34.0 Å². The topological polar surface area (TPSA) is 120 Å². The highest BCUT2D eigenvalue weighted by molar-refractivity contribution is 7.91. The van der Waals surface area contributed by atoms with Crippen molar-refractivity contribution in [1.29, 1.82) is 5.26 Å². The van der Waals surface area contributed by atoms with Crippen molar-refractivity contribution >= 4 is 32.3 Å². The van der Waals surface area contributed by atoms with Crippen LogP contribution in [0.2, 0.25) is 0 Å². The number of hydrogen-bond donors (Lipinski definition) is 3. The molecule has 112 valence electrons. The van der Waals surface area contributed by atoms with Gasteiger partial charge >= 0.3 is 0 Å². The lowest BCUT2D eigenvalue weighted by atomic mass is 10.0. The van der Waals surface area contributed by atoms with Gasteiger partial charge in [-0.15, -0.1) is 11.3 Å². The maximum absolute atomic E-state index is 11.8. The van der Waals surface area contributed by atoms with E-state index in [1.165, 1.54) is 0 Å². The number of hydrogen-bond acceptors (Lipinski definition) is 5. The number of aliphatic hydroxyl groups is 1. The molecule has 0 saturated heterocycles. The molecule has 22 heavy (non-hydrogen) atoms. The molecule has 1 aromatic carbocycles. The number of nitrogens with one attached hydrogen (secondary N) is 1. The third-order valence-corrected chi connectivity index (χ3v) is 5.89. The highest BCUT2D eigenvalue weighted by Crippen LogP contribution is 2.39. The van der Waals surface area contributed by atoms with Crippen LogP contribution in [0.25, 0.3) is 22.0 Å². The predicted molar refractivity (Wildman–Crippen MR) is 83.6 cm³/mol. The zero-order valence-electron chi connectivity index (χ0n) is 11.2. The number of rotatable bonds is 3. The zero-order valence-corrected chi connectivity index (χ0v) is 12.8. The van der Waals surface area contributed by atoms with Gasteiger partial charge in [0.05, 0.1) is 17.7 Å². The molecule has 0 aliphatic heterocycles. The number of nitrogens with zero attached hydrogens (tertiary/aromatic N) is 1. The number of fused-ring (bicyclic) bond motifs is 1. The van der Waals surface area contributed by atoms with Crippen molar-refractivity contribution in [1.82, 2.24) is 4.98 Å². The van der Waals surface area contributed by atoms with Crippen molar-refractivity contribution in [3.63, 3.8) is 0 Å². The number of aliphatic hydroxyl groups excluding tert-OH is 1. The van der Waals surface area contributed by atoms with Gasteiger partial charge in [0.2, 0.25) is 10.0 Å². The number of nitriles is 1. The van der Waals surface area contributed by atoms with Crippen molar-refractivity contribution in [3.05, 3.63) is 40.9 Å². The third-order valence-electron chi connectivity index (χ3n) is 3.37. The van der Waals surface area contributed by atoms with Gasteiger partial charge in [0, 0.05) is 22.7 Å². The van der Waals surface area contributed by atoms with Crippen molar-refractivity contribution in [2.24, 2.45) is 5.14 Å². The van der Waals surface area contributed by atoms with E-state index >= 15 is 0 Å². The van der Waals surface area contributed by atoms with E-state index < -0.39 is 10.0 Å². The molecule has 2 heterocycles. The number of aromatic nitrogens is 1. The van der Waals surface area contributed by atoms with Crippen LogP contribution >= 0.6 is 11.3 Å². The molecule has 0 amide bonds. The van der Waals surface area contributed by atoms with Gasteiger partial charge in [-0.2, -0.15) is 5.26 Å². The molecule has 0 atom stereocenters. The Bertz CT molecular complexity index is 1010.